The molecule has 0 radical (unpaired) electrons. The van der Waals surface area contributed by atoms with Gasteiger partial charge in [-0.15, -0.1) is 0 Å². The van der Waals surface area contributed by atoms with Crippen LogP contribution >= 0.6 is 0 Å². The molecule has 2 aromatic heterocycles. The van der Waals surface area contributed by atoms with E-state index in [9.17, 15) is 4.79 Å². The molecule has 1 aliphatic carbocycles. The topological polar surface area (TPSA) is 34.4 Å². The molecule has 0 N–H and O–H groups in total. The first-order valence-corrected chi connectivity index (χ1v) is 6.44. The Balaban J connectivity index is 2.26. The fourth-order valence-corrected chi connectivity index (χ4v) is 2.79. The lowest BCUT2D eigenvalue weighted by Gasteiger charge is -2.15. The molecule has 2 heterocycles. The molecule has 0 bridgehead atoms. The van der Waals surface area contributed by atoms with E-state index in [1.807, 2.05) is 42.6 Å². The number of hydrogen-bond donors (Lipinski definition) is 0. The number of allylic oxidation sites excluding steroid dienone is 1. The van der Waals surface area contributed by atoms with Gasteiger partial charge in [0.15, 0.2) is 0 Å². The van der Waals surface area contributed by atoms with Crippen molar-refractivity contribution >= 4 is 22.5 Å². The van der Waals surface area contributed by atoms with Crippen molar-refractivity contribution < 1.29 is 0 Å². The molecule has 3 nitrogen and oxygen atoms in total. The molecular formula is C16H12N2O. The van der Waals surface area contributed by atoms with Gasteiger partial charge in [0.05, 0.1) is 5.56 Å². The third-order valence-corrected chi connectivity index (χ3v) is 3.70. The summed E-state index contributed by atoms with van der Waals surface area (Å²) in [5.41, 5.74) is 2.45. The summed E-state index contributed by atoms with van der Waals surface area (Å²) in [5.74, 6) is 0. The Morgan fingerprint density at radius 1 is 1.16 bits per heavy atom. The molecule has 0 aliphatic heterocycles. The van der Waals surface area contributed by atoms with E-state index in [1.165, 1.54) is 0 Å². The molecule has 0 atom stereocenters. The number of aryl methyl sites for hydroxylation is 1. The highest BCUT2D eigenvalue weighted by Crippen LogP contribution is 2.22. The van der Waals surface area contributed by atoms with Crippen molar-refractivity contribution in [3.05, 3.63) is 64.2 Å². The highest BCUT2D eigenvalue weighted by molar-refractivity contribution is 5.93. The van der Waals surface area contributed by atoms with E-state index in [-0.39, 0.29) is 5.56 Å². The summed E-state index contributed by atoms with van der Waals surface area (Å²) in [7, 11) is 0. The van der Waals surface area contributed by atoms with Crippen LogP contribution in [0.15, 0.2) is 47.4 Å². The van der Waals surface area contributed by atoms with Crippen molar-refractivity contribution in [2.75, 3.05) is 0 Å². The maximum Gasteiger partial charge on any atom is 0.280 e. The number of benzene rings is 1. The van der Waals surface area contributed by atoms with Gasteiger partial charge in [0.1, 0.15) is 5.65 Å². The van der Waals surface area contributed by atoms with Gasteiger partial charge in [0.25, 0.3) is 5.56 Å². The second-order valence-electron chi connectivity index (χ2n) is 4.81. The van der Waals surface area contributed by atoms with Gasteiger partial charge >= 0.3 is 0 Å². The molecule has 1 aliphatic rings. The Morgan fingerprint density at radius 2 is 2.05 bits per heavy atom. The number of nitrogens with zero attached hydrogens (tertiary/aromatic N) is 2. The summed E-state index contributed by atoms with van der Waals surface area (Å²) in [6.45, 7) is 0. The Bertz CT molecular complexity index is 890. The zero-order chi connectivity index (χ0) is 12.8. The predicted octanol–water partition coefficient (Wildman–Crippen LogP) is 2.81. The molecule has 92 valence electrons. The Labute approximate surface area is 109 Å². The lowest BCUT2D eigenvalue weighted by atomic mass is 10.0. The van der Waals surface area contributed by atoms with E-state index in [4.69, 9.17) is 0 Å². The van der Waals surface area contributed by atoms with E-state index < -0.39 is 0 Å². The normalized spacial score (nSPS) is 13.9. The monoisotopic (exact) mass is 248 g/mol. The fourth-order valence-electron chi connectivity index (χ4n) is 2.79. The van der Waals surface area contributed by atoms with Crippen LogP contribution in [0, 0.1) is 0 Å². The molecule has 0 unspecified atom stereocenters. The third kappa shape index (κ3) is 1.45. The van der Waals surface area contributed by atoms with Crippen molar-refractivity contribution in [1.29, 1.82) is 0 Å². The summed E-state index contributed by atoms with van der Waals surface area (Å²) in [5, 5.41) is 2.14. The molecule has 0 fully saturated rings. The van der Waals surface area contributed by atoms with Crippen molar-refractivity contribution in [2.45, 2.75) is 12.8 Å². The molecule has 0 saturated heterocycles. The molecule has 3 aromatic rings. The maximum atomic E-state index is 12.1. The highest BCUT2D eigenvalue weighted by atomic mass is 16.1. The lowest BCUT2D eigenvalue weighted by molar-refractivity contribution is 0.871. The summed E-state index contributed by atoms with van der Waals surface area (Å²) < 4.78 is 2.06. The zero-order valence-electron chi connectivity index (χ0n) is 10.3. The Kier molecular flexibility index (Phi) is 2.09. The standard InChI is InChI=1S/C16H12N2O/c19-16-13-7-3-4-8-14(13)18-10-9-11-5-1-2-6-12(11)15(18)17-16/h1-3,5-7,9-10H,4,8H2. The Hall–Kier alpha value is -2.42. The van der Waals surface area contributed by atoms with Crippen LogP contribution in [0.5, 0.6) is 0 Å². The molecule has 4 rings (SSSR count). The van der Waals surface area contributed by atoms with Gasteiger partial charge in [-0.05, 0) is 24.3 Å². The third-order valence-electron chi connectivity index (χ3n) is 3.70. The summed E-state index contributed by atoms with van der Waals surface area (Å²) in [4.78, 5) is 16.4. The van der Waals surface area contributed by atoms with Crippen LogP contribution in [0.4, 0.5) is 0 Å². The lowest BCUT2D eigenvalue weighted by Crippen LogP contribution is -2.19. The average Bonchev–Trinajstić information content (AvgIpc) is 2.47. The van der Waals surface area contributed by atoms with Gasteiger partial charge in [-0.25, -0.2) is 0 Å². The van der Waals surface area contributed by atoms with Gasteiger partial charge in [-0.3, -0.25) is 4.79 Å². The van der Waals surface area contributed by atoms with Crippen molar-refractivity contribution in [3.63, 3.8) is 0 Å². The number of fused-ring (bicyclic) bond motifs is 5. The van der Waals surface area contributed by atoms with E-state index in [2.05, 4.69) is 15.5 Å². The van der Waals surface area contributed by atoms with Crippen LogP contribution in [-0.2, 0) is 6.42 Å². The fraction of sp³-hybridized carbons (Fsp3) is 0.125. The number of aromatic nitrogens is 2. The smallest absolute Gasteiger partial charge is 0.280 e. The number of hydrogen-bond acceptors (Lipinski definition) is 2. The van der Waals surface area contributed by atoms with Crippen LogP contribution in [0.25, 0.3) is 22.5 Å². The SMILES string of the molecule is O=c1nc2c3ccccc3ccn2c2c1C=CCC2. The minimum Gasteiger partial charge on any atom is -0.304 e. The van der Waals surface area contributed by atoms with Crippen LogP contribution in [0.3, 0.4) is 0 Å². The van der Waals surface area contributed by atoms with Crippen molar-refractivity contribution in [3.8, 4) is 0 Å². The minimum atomic E-state index is -0.123. The average molecular weight is 248 g/mol. The summed E-state index contributed by atoms with van der Waals surface area (Å²) >= 11 is 0. The minimum absolute atomic E-state index is 0.123. The first-order chi connectivity index (χ1) is 9.34. The van der Waals surface area contributed by atoms with Gasteiger partial charge < -0.3 is 4.40 Å². The van der Waals surface area contributed by atoms with E-state index in [1.54, 1.807) is 0 Å². The van der Waals surface area contributed by atoms with Gasteiger partial charge in [0.2, 0.25) is 0 Å². The summed E-state index contributed by atoms with van der Waals surface area (Å²) in [6.07, 6.45) is 7.82. The first kappa shape index (κ1) is 10.5. The quantitative estimate of drug-likeness (QED) is 0.573. The van der Waals surface area contributed by atoms with Crippen molar-refractivity contribution in [1.82, 2.24) is 9.38 Å². The van der Waals surface area contributed by atoms with E-state index >= 15 is 0 Å². The second kappa shape index (κ2) is 3.79. The maximum absolute atomic E-state index is 12.1. The molecule has 0 amide bonds. The van der Waals surface area contributed by atoms with Crippen LogP contribution in [0.1, 0.15) is 17.7 Å². The number of rotatable bonds is 0. The first-order valence-electron chi connectivity index (χ1n) is 6.44. The van der Waals surface area contributed by atoms with E-state index in [0.29, 0.717) is 0 Å². The summed E-state index contributed by atoms with van der Waals surface area (Å²) in [6, 6.07) is 10.1. The van der Waals surface area contributed by atoms with Crippen LogP contribution < -0.4 is 5.56 Å². The zero-order valence-corrected chi connectivity index (χ0v) is 10.3. The predicted molar refractivity (Wildman–Crippen MR) is 76.3 cm³/mol. The number of pyridine rings is 1. The second-order valence-corrected chi connectivity index (χ2v) is 4.81. The van der Waals surface area contributed by atoms with Crippen molar-refractivity contribution in [2.24, 2.45) is 0 Å². The van der Waals surface area contributed by atoms with Gasteiger partial charge in [0, 0.05) is 17.3 Å². The van der Waals surface area contributed by atoms with Crippen LogP contribution in [-0.4, -0.2) is 9.38 Å². The molecule has 3 heteroatoms. The molecule has 19 heavy (non-hydrogen) atoms. The molecule has 0 saturated carbocycles. The highest BCUT2D eigenvalue weighted by Gasteiger charge is 2.14. The molecule has 0 spiro atoms. The Morgan fingerprint density at radius 3 is 3.00 bits per heavy atom. The van der Waals surface area contributed by atoms with Crippen LogP contribution in [0.2, 0.25) is 0 Å². The van der Waals surface area contributed by atoms with E-state index in [0.717, 1.165) is 40.5 Å². The van der Waals surface area contributed by atoms with Gasteiger partial charge in [-0.1, -0.05) is 36.4 Å². The molecular weight excluding hydrogens is 236 g/mol. The van der Waals surface area contributed by atoms with Gasteiger partial charge in [-0.2, -0.15) is 4.98 Å². The largest absolute Gasteiger partial charge is 0.304 e. The molecule has 1 aromatic carbocycles.